The van der Waals surface area contributed by atoms with Crippen molar-refractivity contribution >= 4 is 38.2 Å². The molecule has 3 rings (SSSR count). The lowest BCUT2D eigenvalue weighted by Crippen LogP contribution is -2.43. The zero-order valence-corrected chi connectivity index (χ0v) is 15.1. The number of aromatic nitrogens is 1. The Morgan fingerprint density at radius 1 is 1.28 bits per heavy atom. The summed E-state index contributed by atoms with van der Waals surface area (Å²) in [5.74, 6) is -0.618. The smallest absolute Gasteiger partial charge is 0.244 e. The van der Waals surface area contributed by atoms with Gasteiger partial charge in [-0.25, -0.2) is 13.4 Å². The molecule has 1 fully saturated rings. The Hall–Kier alpha value is -2.10. The first-order valence-corrected chi connectivity index (χ1v) is 10.1. The lowest BCUT2D eigenvalue weighted by atomic mass is 10.2. The van der Waals surface area contributed by atoms with E-state index in [4.69, 9.17) is 0 Å². The number of carbonyl (C=O) groups excluding carboxylic acids is 2. The van der Waals surface area contributed by atoms with Gasteiger partial charge in [-0.2, -0.15) is 4.31 Å². The van der Waals surface area contributed by atoms with E-state index >= 15 is 0 Å². The van der Waals surface area contributed by atoms with E-state index in [1.165, 1.54) is 23.4 Å². The second kappa shape index (κ2) is 7.03. The number of Topliss-reactive ketones (excluding diaryl/α,β-unsaturated/α-hetero) is 1. The summed E-state index contributed by atoms with van der Waals surface area (Å²) in [5, 5.41) is 4.47. The summed E-state index contributed by atoms with van der Waals surface area (Å²) in [5.41, 5.74) is 0.278. The Bertz CT molecular complexity index is 893. The van der Waals surface area contributed by atoms with Gasteiger partial charge in [-0.1, -0.05) is 18.2 Å². The Labute approximate surface area is 149 Å². The highest BCUT2D eigenvalue weighted by molar-refractivity contribution is 7.89. The quantitative estimate of drug-likeness (QED) is 0.803. The number of hydrogen-bond acceptors (Lipinski definition) is 6. The van der Waals surface area contributed by atoms with Crippen molar-refractivity contribution in [2.24, 2.45) is 0 Å². The van der Waals surface area contributed by atoms with Crippen LogP contribution in [0, 0.1) is 0 Å². The summed E-state index contributed by atoms with van der Waals surface area (Å²) in [6, 6.07) is 7.29. The number of rotatable bonds is 5. The van der Waals surface area contributed by atoms with Crippen LogP contribution in [-0.2, 0) is 14.8 Å². The lowest BCUT2D eigenvalue weighted by Gasteiger charge is -2.23. The van der Waals surface area contributed by atoms with Crippen molar-refractivity contribution in [2.45, 2.75) is 30.7 Å². The van der Waals surface area contributed by atoms with Crippen LogP contribution >= 0.6 is 11.3 Å². The number of benzene rings is 1. The summed E-state index contributed by atoms with van der Waals surface area (Å²) in [6.07, 6.45) is 1.06. The van der Waals surface area contributed by atoms with Gasteiger partial charge in [0.15, 0.2) is 10.9 Å². The molecule has 0 saturated carbocycles. The van der Waals surface area contributed by atoms with Gasteiger partial charge in [0, 0.05) is 18.8 Å². The van der Waals surface area contributed by atoms with E-state index in [9.17, 15) is 18.0 Å². The molecule has 0 spiro atoms. The fourth-order valence-electron chi connectivity index (χ4n) is 2.70. The number of carbonyl (C=O) groups is 2. The Kier molecular flexibility index (Phi) is 4.98. The number of hydrogen-bond donors (Lipinski definition) is 1. The Morgan fingerprint density at radius 2 is 2.00 bits per heavy atom. The minimum Gasteiger partial charge on any atom is -0.301 e. The van der Waals surface area contributed by atoms with Crippen molar-refractivity contribution in [3.8, 4) is 0 Å². The molecule has 1 amide bonds. The first-order valence-electron chi connectivity index (χ1n) is 7.74. The van der Waals surface area contributed by atoms with E-state index in [0.717, 1.165) is 11.3 Å². The molecule has 0 aliphatic carbocycles. The Morgan fingerprint density at radius 3 is 2.64 bits per heavy atom. The molecule has 1 saturated heterocycles. The third-order valence-corrected chi connectivity index (χ3v) is 6.63. The van der Waals surface area contributed by atoms with Gasteiger partial charge in [-0.05, 0) is 25.0 Å². The largest absolute Gasteiger partial charge is 0.301 e. The summed E-state index contributed by atoms with van der Waals surface area (Å²) >= 11 is 1.14. The number of anilines is 1. The van der Waals surface area contributed by atoms with Crippen LogP contribution in [0.5, 0.6) is 0 Å². The number of amides is 1. The average Bonchev–Trinajstić information content (AvgIpc) is 3.25. The summed E-state index contributed by atoms with van der Waals surface area (Å²) in [6.45, 7) is 1.69. The summed E-state index contributed by atoms with van der Waals surface area (Å²) in [7, 11) is -3.73. The highest BCUT2D eigenvalue weighted by atomic mass is 32.2. The second-order valence-corrected chi connectivity index (χ2v) is 8.42. The zero-order chi connectivity index (χ0) is 18.0. The van der Waals surface area contributed by atoms with E-state index in [1.807, 2.05) is 0 Å². The predicted octanol–water partition coefficient (Wildman–Crippen LogP) is 2.14. The number of ketones is 1. The average molecular weight is 379 g/mol. The second-order valence-electron chi connectivity index (χ2n) is 5.67. The highest BCUT2D eigenvalue weighted by Crippen LogP contribution is 2.27. The molecule has 1 N–H and O–H groups in total. The van der Waals surface area contributed by atoms with E-state index in [-0.39, 0.29) is 16.4 Å². The molecule has 1 aromatic heterocycles. The van der Waals surface area contributed by atoms with Crippen LogP contribution < -0.4 is 5.32 Å². The molecule has 25 heavy (non-hydrogen) atoms. The predicted molar refractivity (Wildman–Crippen MR) is 94.1 cm³/mol. The van der Waals surface area contributed by atoms with Crippen molar-refractivity contribution in [1.82, 2.24) is 9.29 Å². The third kappa shape index (κ3) is 3.63. The molecule has 1 unspecified atom stereocenters. The molecule has 1 aromatic carbocycles. The first kappa shape index (κ1) is 17.7. The SMILES string of the molecule is CC(=O)c1csc(NC(=O)C2CCCN2S(=O)(=O)c2ccccc2)n1. The monoisotopic (exact) mass is 379 g/mol. The van der Waals surface area contributed by atoms with Gasteiger partial charge in [-0.15, -0.1) is 11.3 Å². The fourth-order valence-corrected chi connectivity index (χ4v) is 5.13. The first-order chi connectivity index (χ1) is 11.9. The molecule has 7 nitrogen and oxygen atoms in total. The summed E-state index contributed by atoms with van der Waals surface area (Å²) in [4.78, 5) is 28.0. The van der Waals surface area contributed by atoms with Gasteiger partial charge in [0.05, 0.1) is 4.90 Å². The van der Waals surface area contributed by atoms with Crippen molar-refractivity contribution in [2.75, 3.05) is 11.9 Å². The maximum atomic E-state index is 12.8. The lowest BCUT2D eigenvalue weighted by molar-refractivity contribution is -0.119. The fraction of sp³-hybridized carbons (Fsp3) is 0.312. The number of thiazole rings is 1. The van der Waals surface area contributed by atoms with Crippen molar-refractivity contribution in [3.63, 3.8) is 0 Å². The molecule has 132 valence electrons. The van der Waals surface area contributed by atoms with Crippen LogP contribution in [0.1, 0.15) is 30.3 Å². The molecule has 1 aliphatic rings. The molecular weight excluding hydrogens is 362 g/mol. The number of nitrogens with one attached hydrogen (secondary N) is 1. The topological polar surface area (TPSA) is 96.4 Å². The van der Waals surface area contributed by atoms with Gasteiger partial charge in [0.25, 0.3) is 0 Å². The minimum absolute atomic E-state index is 0.169. The van der Waals surface area contributed by atoms with Crippen LogP contribution in [0.25, 0.3) is 0 Å². The van der Waals surface area contributed by atoms with E-state index in [2.05, 4.69) is 10.3 Å². The van der Waals surface area contributed by atoms with Crippen LogP contribution in [0.3, 0.4) is 0 Å². The molecule has 2 heterocycles. The van der Waals surface area contributed by atoms with E-state index in [1.54, 1.807) is 23.6 Å². The van der Waals surface area contributed by atoms with E-state index < -0.39 is 22.0 Å². The van der Waals surface area contributed by atoms with Gasteiger partial charge < -0.3 is 5.32 Å². The van der Waals surface area contributed by atoms with Gasteiger partial charge in [0.2, 0.25) is 15.9 Å². The highest BCUT2D eigenvalue weighted by Gasteiger charge is 2.39. The van der Waals surface area contributed by atoms with Gasteiger partial charge in [0.1, 0.15) is 11.7 Å². The molecule has 0 bridgehead atoms. The zero-order valence-electron chi connectivity index (χ0n) is 13.5. The number of sulfonamides is 1. The maximum absolute atomic E-state index is 12.8. The van der Waals surface area contributed by atoms with Crippen LogP contribution in [0.2, 0.25) is 0 Å². The third-order valence-electron chi connectivity index (χ3n) is 3.95. The molecule has 1 aliphatic heterocycles. The van der Waals surface area contributed by atoms with Crippen molar-refractivity contribution < 1.29 is 18.0 Å². The molecule has 0 radical (unpaired) electrons. The van der Waals surface area contributed by atoms with Crippen LogP contribution in [0.15, 0.2) is 40.6 Å². The maximum Gasteiger partial charge on any atom is 0.244 e. The molecular formula is C16H17N3O4S2. The Balaban J connectivity index is 1.79. The standard InChI is InChI=1S/C16H17N3O4S2/c1-11(20)13-10-24-16(17-13)18-15(21)14-8-5-9-19(14)25(22,23)12-6-3-2-4-7-12/h2-4,6-7,10,14H,5,8-9H2,1H3,(H,17,18,21). The molecule has 1 atom stereocenters. The molecule has 2 aromatic rings. The number of nitrogens with zero attached hydrogens (tertiary/aromatic N) is 2. The normalized spacial score (nSPS) is 18.2. The van der Waals surface area contributed by atoms with Crippen LogP contribution in [0.4, 0.5) is 5.13 Å². The molecule has 9 heteroatoms. The summed E-state index contributed by atoms with van der Waals surface area (Å²) < 4.78 is 26.8. The van der Waals surface area contributed by atoms with Crippen LogP contribution in [-0.4, -0.2) is 42.0 Å². The van der Waals surface area contributed by atoms with Gasteiger partial charge in [-0.3, -0.25) is 9.59 Å². The van der Waals surface area contributed by atoms with Crippen molar-refractivity contribution in [3.05, 3.63) is 41.4 Å². The van der Waals surface area contributed by atoms with Crippen molar-refractivity contribution in [1.29, 1.82) is 0 Å². The minimum atomic E-state index is -3.73. The van der Waals surface area contributed by atoms with E-state index in [0.29, 0.717) is 24.5 Å². The van der Waals surface area contributed by atoms with Gasteiger partial charge >= 0.3 is 0 Å².